The van der Waals surface area contributed by atoms with Gasteiger partial charge in [0.15, 0.2) is 4.96 Å². The number of benzene rings is 2. The van der Waals surface area contributed by atoms with E-state index < -0.39 is 0 Å². The number of aromatic nitrogens is 2. The highest BCUT2D eigenvalue weighted by atomic mass is 32.1. The van der Waals surface area contributed by atoms with Crippen molar-refractivity contribution in [2.75, 3.05) is 26.2 Å². The molecule has 0 saturated carbocycles. The summed E-state index contributed by atoms with van der Waals surface area (Å²) in [5.74, 6) is 0. The minimum Gasteiger partial charge on any atom is -0.333 e. The Morgan fingerprint density at radius 1 is 1.00 bits per heavy atom. The number of hydrogen-bond acceptors (Lipinski definition) is 4. The zero-order chi connectivity index (χ0) is 24.0. The monoisotopic (exact) mass is 475 g/mol. The third kappa shape index (κ3) is 4.55. The van der Waals surface area contributed by atoms with Crippen LogP contribution in [-0.2, 0) is 6.54 Å². The average molecular weight is 476 g/mol. The number of hydrogen-bond donors (Lipinski definition) is 1. The van der Waals surface area contributed by atoms with Crippen molar-refractivity contribution in [2.45, 2.75) is 46.7 Å². The van der Waals surface area contributed by atoms with Gasteiger partial charge in [-0.15, -0.1) is 0 Å². The van der Waals surface area contributed by atoms with E-state index in [9.17, 15) is 4.79 Å². The average Bonchev–Trinajstić information content (AvgIpc) is 3.29. The van der Waals surface area contributed by atoms with Crippen molar-refractivity contribution in [1.29, 1.82) is 0 Å². The number of nitrogens with zero attached hydrogens (tertiary/aromatic N) is 4. The molecule has 0 atom stereocenters. The number of carbonyl (C=O) groups excluding carboxylic acids is 1. The summed E-state index contributed by atoms with van der Waals surface area (Å²) in [5, 5.41) is 3.09. The van der Waals surface area contributed by atoms with Crippen LogP contribution in [-0.4, -0.2) is 56.9 Å². The fourth-order valence-electron chi connectivity index (χ4n) is 4.54. The van der Waals surface area contributed by atoms with Gasteiger partial charge in [-0.3, -0.25) is 9.30 Å². The Balaban J connectivity index is 1.46. The summed E-state index contributed by atoms with van der Waals surface area (Å²) in [6, 6.07) is 15.3. The smallest absolute Gasteiger partial charge is 0.317 e. The van der Waals surface area contributed by atoms with Gasteiger partial charge in [-0.25, -0.2) is 9.78 Å². The highest BCUT2D eigenvalue weighted by molar-refractivity contribution is 7.23. The first kappa shape index (κ1) is 22.9. The Morgan fingerprint density at radius 2 is 1.68 bits per heavy atom. The van der Waals surface area contributed by atoms with Gasteiger partial charge in [0.2, 0.25) is 0 Å². The molecule has 1 saturated heterocycles. The molecule has 2 amide bonds. The van der Waals surface area contributed by atoms with Crippen LogP contribution in [0, 0.1) is 13.8 Å². The molecular weight excluding hydrogens is 442 g/mol. The first-order valence-corrected chi connectivity index (χ1v) is 12.8. The van der Waals surface area contributed by atoms with Crippen molar-refractivity contribution in [3.05, 3.63) is 59.3 Å². The van der Waals surface area contributed by atoms with Crippen LogP contribution in [0.5, 0.6) is 0 Å². The molecule has 2 aromatic carbocycles. The van der Waals surface area contributed by atoms with Crippen molar-refractivity contribution in [3.8, 4) is 11.3 Å². The van der Waals surface area contributed by atoms with Crippen LogP contribution >= 0.6 is 11.3 Å². The van der Waals surface area contributed by atoms with Gasteiger partial charge >= 0.3 is 6.03 Å². The van der Waals surface area contributed by atoms with E-state index in [0.717, 1.165) is 48.9 Å². The number of amides is 2. The Hall–Kier alpha value is -2.90. The molecule has 7 heteroatoms. The van der Waals surface area contributed by atoms with E-state index in [-0.39, 0.29) is 11.6 Å². The van der Waals surface area contributed by atoms with Crippen LogP contribution < -0.4 is 5.32 Å². The van der Waals surface area contributed by atoms with Crippen LogP contribution in [0.1, 0.15) is 37.6 Å². The van der Waals surface area contributed by atoms with Gasteiger partial charge in [0.25, 0.3) is 0 Å². The Bertz CT molecular complexity index is 1340. The molecule has 1 fully saturated rings. The van der Waals surface area contributed by atoms with Gasteiger partial charge in [0.05, 0.1) is 21.6 Å². The topological polar surface area (TPSA) is 52.9 Å². The summed E-state index contributed by atoms with van der Waals surface area (Å²) in [6.07, 6.45) is 0. The second kappa shape index (κ2) is 8.71. The number of imidazole rings is 1. The van der Waals surface area contributed by atoms with Crippen LogP contribution in [0.3, 0.4) is 0 Å². The molecule has 6 nitrogen and oxygen atoms in total. The predicted molar refractivity (Wildman–Crippen MR) is 141 cm³/mol. The van der Waals surface area contributed by atoms with Crippen LogP contribution in [0.2, 0.25) is 0 Å². The molecule has 178 valence electrons. The Morgan fingerprint density at radius 3 is 2.35 bits per heavy atom. The third-order valence-electron chi connectivity index (χ3n) is 6.34. The fraction of sp³-hybridized carbons (Fsp3) is 0.407. The first-order chi connectivity index (χ1) is 16.2. The van der Waals surface area contributed by atoms with Gasteiger partial charge in [-0.1, -0.05) is 47.2 Å². The molecule has 2 aromatic heterocycles. The zero-order valence-corrected chi connectivity index (χ0v) is 21.5. The number of thiazole rings is 1. The summed E-state index contributed by atoms with van der Waals surface area (Å²) >= 11 is 1.75. The van der Waals surface area contributed by atoms with Gasteiger partial charge in [0.1, 0.15) is 0 Å². The molecule has 5 rings (SSSR count). The molecule has 0 aliphatic carbocycles. The zero-order valence-electron chi connectivity index (χ0n) is 20.7. The lowest BCUT2D eigenvalue weighted by atomic mass is 10.1. The van der Waals surface area contributed by atoms with Gasteiger partial charge in [0, 0.05) is 43.8 Å². The van der Waals surface area contributed by atoms with Gasteiger partial charge in [-0.05, 0) is 52.3 Å². The normalized spacial score (nSPS) is 15.4. The van der Waals surface area contributed by atoms with Gasteiger partial charge < -0.3 is 10.2 Å². The van der Waals surface area contributed by atoms with Crippen LogP contribution in [0.4, 0.5) is 4.79 Å². The maximum absolute atomic E-state index is 12.6. The summed E-state index contributed by atoms with van der Waals surface area (Å²) in [6.45, 7) is 14.3. The van der Waals surface area contributed by atoms with E-state index in [2.05, 4.69) is 70.9 Å². The number of fused-ring (bicyclic) bond motifs is 3. The maximum Gasteiger partial charge on any atom is 0.317 e. The predicted octanol–water partition coefficient (Wildman–Crippen LogP) is 5.46. The number of aryl methyl sites for hydroxylation is 2. The first-order valence-electron chi connectivity index (χ1n) is 11.9. The van der Waals surface area contributed by atoms with Crippen LogP contribution in [0.15, 0.2) is 42.5 Å². The molecule has 1 aliphatic rings. The van der Waals surface area contributed by atoms with Crippen molar-refractivity contribution < 1.29 is 4.79 Å². The van der Waals surface area contributed by atoms with E-state index >= 15 is 0 Å². The molecule has 0 radical (unpaired) electrons. The number of rotatable bonds is 3. The van der Waals surface area contributed by atoms with Crippen molar-refractivity contribution in [1.82, 2.24) is 24.5 Å². The SMILES string of the molecule is Cc1ccc(-c2nc3sc4cc(C)ccc4n3c2CN2CCN(C(=O)NC(C)(C)C)CC2)cc1. The van der Waals surface area contributed by atoms with E-state index in [4.69, 9.17) is 4.98 Å². The number of carbonyl (C=O) groups is 1. The molecule has 1 aliphatic heterocycles. The third-order valence-corrected chi connectivity index (χ3v) is 7.34. The van der Waals surface area contributed by atoms with E-state index in [1.807, 2.05) is 25.7 Å². The molecule has 1 N–H and O–H groups in total. The number of piperazine rings is 1. The van der Waals surface area contributed by atoms with Crippen molar-refractivity contribution in [3.63, 3.8) is 0 Å². The van der Waals surface area contributed by atoms with Gasteiger partial charge in [-0.2, -0.15) is 0 Å². The summed E-state index contributed by atoms with van der Waals surface area (Å²) < 4.78 is 3.61. The second-order valence-corrected chi connectivity index (χ2v) is 11.4. The highest BCUT2D eigenvalue weighted by Crippen LogP contribution is 2.34. The molecule has 34 heavy (non-hydrogen) atoms. The highest BCUT2D eigenvalue weighted by Gasteiger charge is 2.26. The molecule has 4 aromatic rings. The summed E-state index contributed by atoms with van der Waals surface area (Å²) in [7, 11) is 0. The molecule has 3 heterocycles. The second-order valence-electron chi connectivity index (χ2n) is 10.4. The van der Waals surface area contributed by atoms with E-state index in [1.165, 1.54) is 27.0 Å². The number of urea groups is 1. The largest absolute Gasteiger partial charge is 0.333 e. The molecule has 0 unspecified atom stereocenters. The number of nitrogens with one attached hydrogen (secondary N) is 1. The lowest BCUT2D eigenvalue weighted by Gasteiger charge is -2.36. The lowest BCUT2D eigenvalue weighted by Crippen LogP contribution is -2.54. The standard InChI is InChI=1S/C27H33N5OS/c1-18-6-9-20(10-7-18)24-22(32-21-11-8-19(2)16-23(21)34-26(32)28-24)17-30-12-14-31(15-13-30)25(33)29-27(3,4)5/h6-11,16H,12-15,17H2,1-5H3,(H,29,33). The minimum atomic E-state index is -0.223. The van der Waals surface area contributed by atoms with Crippen LogP contribution in [0.25, 0.3) is 26.4 Å². The quantitative estimate of drug-likeness (QED) is 0.428. The summed E-state index contributed by atoms with van der Waals surface area (Å²) in [4.78, 5) is 23.1. The molecule has 0 bridgehead atoms. The maximum atomic E-state index is 12.6. The van der Waals surface area contributed by atoms with Crippen molar-refractivity contribution in [2.24, 2.45) is 0 Å². The summed E-state index contributed by atoms with van der Waals surface area (Å²) in [5.41, 5.74) is 6.94. The molecule has 0 spiro atoms. The minimum absolute atomic E-state index is 0.0263. The lowest BCUT2D eigenvalue weighted by molar-refractivity contribution is 0.130. The van der Waals surface area contributed by atoms with E-state index in [1.54, 1.807) is 11.3 Å². The van der Waals surface area contributed by atoms with E-state index in [0.29, 0.717) is 0 Å². The molecular formula is C27H33N5OS. The Labute approximate surface area is 205 Å². The van der Waals surface area contributed by atoms with Crippen molar-refractivity contribution >= 4 is 32.5 Å². The fourth-order valence-corrected chi connectivity index (χ4v) is 5.69. The Kier molecular flexibility index (Phi) is 5.86.